The van der Waals surface area contributed by atoms with E-state index < -0.39 is 0 Å². The largest absolute Gasteiger partial charge is 0.342 e. The van der Waals surface area contributed by atoms with E-state index in [0.717, 1.165) is 13.1 Å². The highest BCUT2D eigenvalue weighted by Crippen LogP contribution is 2.26. The second-order valence-electron chi connectivity index (χ2n) is 7.32. The van der Waals surface area contributed by atoms with Gasteiger partial charge in [-0.15, -0.1) is 0 Å². The quantitative estimate of drug-likeness (QED) is 0.439. The van der Waals surface area contributed by atoms with Gasteiger partial charge in [0.25, 0.3) is 0 Å². The Morgan fingerprint density at radius 1 is 0.462 bits per heavy atom. The lowest BCUT2D eigenvalue weighted by Gasteiger charge is -2.13. The van der Waals surface area contributed by atoms with E-state index in [-0.39, 0.29) is 0 Å². The van der Waals surface area contributed by atoms with Gasteiger partial charge in [0, 0.05) is 24.0 Å². The number of hydrogen-bond acceptors (Lipinski definition) is 0. The van der Waals surface area contributed by atoms with E-state index >= 15 is 0 Å². The second-order valence-corrected chi connectivity index (χ2v) is 7.32. The minimum Gasteiger partial charge on any atom is -0.342 e. The lowest BCUT2D eigenvalue weighted by molar-refractivity contribution is -0.732. The Labute approximate surface area is 157 Å². The maximum absolute atomic E-state index is 2.48. The first-order valence-corrected chi connectivity index (χ1v) is 10.4. The van der Waals surface area contributed by atoms with Gasteiger partial charge in [-0.25, -0.2) is 0 Å². The molecule has 0 saturated carbocycles. The summed E-state index contributed by atoms with van der Waals surface area (Å²) in [5, 5.41) is 9.89. The zero-order valence-corrected chi connectivity index (χ0v) is 16.0. The van der Waals surface area contributed by atoms with Crippen LogP contribution in [0.25, 0.3) is 11.1 Å². The number of hydrogen-bond donors (Lipinski definition) is 4. The van der Waals surface area contributed by atoms with Crippen molar-refractivity contribution in [3.63, 3.8) is 0 Å². The van der Waals surface area contributed by atoms with Crippen molar-refractivity contribution in [2.45, 2.75) is 25.9 Å². The third kappa shape index (κ3) is 5.92. The topological polar surface area (TPSA) is 66.4 Å². The molecule has 0 bridgehead atoms. The molecule has 0 radical (unpaired) electrons. The van der Waals surface area contributed by atoms with Gasteiger partial charge in [-0.05, 0) is 11.1 Å². The molecule has 4 heteroatoms. The summed E-state index contributed by atoms with van der Waals surface area (Å²) in [7, 11) is 0. The highest BCUT2D eigenvalue weighted by atomic mass is 14.9. The Morgan fingerprint density at radius 2 is 0.885 bits per heavy atom. The summed E-state index contributed by atoms with van der Waals surface area (Å²) < 4.78 is 0. The van der Waals surface area contributed by atoms with Gasteiger partial charge in [-0.2, -0.15) is 0 Å². The van der Waals surface area contributed by atoms with E-state index in [0.29, 0.717) is 0 Å². The first-order valence-electron chi connectivity index (χ1n) is 10.4. The molecule has 0 fully saturated rings. The van der Waals surface area contributed by atoms with Crippen molar-refractivity contribution in [1.82, 2.24) is 0 Å². The van der Waals surface area contributed by atoms with Crippen LogP contribution in [0.15, 0.2) is 48.5 Å². The standard InChI is InChI=1S/C22H32N4/c1-3-9-21-19(7-1)17-25-13-5-11-23-15-16-24-12-6-14-26-18-20-8-2-4-10-22(20)21/h1-4,7-10,23-26H,5-6,11-18H2/p+4. The molecule has 0 atom stereocenters. The minimum absolute atomic E-state index is 1.07. The van der Waals surface area contributed by atoms with Crippen molar-refractivity contribution in [3.8, 4) is 11.1 Å². The maximum atomic E-state index is 2.48. The van der Waals surface area contributed by atoms with Gasteiger partial charge in [-0.3, -0.25) is 0 Å². The number of benzene rings is 2. The summed E-state index contributed by atoms with van der Waals surface area (Å²) >= 11 is 0. The molecule has 0 amide bonds. The van der Waals surface area contributed by atoms with E-state index in [1.807, 2.05) is 0 Å². The molecule has 1 heterocycles. The third-order valence-electron chi connectivity index (χ3n) is 5.26. The van der Waals surface area contributed by atoms with E-state index in [1.165, 1.54) is 74.4 Å². The van der Waals surface area contributed by atoms with Crippen LogP contribution in [0.2, 0.25) is 0 Å². The molecule has 2 aromatic rings. The van der Waals surface area contributed by atoms with Crippen molar-refractivity contribution in [3.05, 3.63) is 59.7 Å². The fourth-order valence-electron chi connectivity index (χ4n) is 3.77. The van der Waals surface area contributed by atoms with Crippen molar-refractivity contribution in [2.24, 2.45) is 0 Å². The van der Waals surface area contributed by atoms with Gasteiger partial charge < -0.3 is 21.3 Å². The van der Waals surface area contributed by atoms with Crippen LogP contribution in [0.4, 0.5) is 0 Å². The van der Waals surface area contributed by atoms with Crippen LogP contribution in [0, 0.1) is 0 Å². The lowest BCUT2D eigenvalue weighted by Crippen LogP contribution is -2.96. The van der Waals surface area contributed by atoms with Crippen LogP contribution in [-0.2, 0) is 13.1 Å². The van der Waals surface area contributed by atoms with Gasteiger partial charge in [0.1, 0.15) is 26.2 Å². The van der Waals surface area contributed by atoms with Gasteiger partial charge in [0.15, 0.2) is 0 Å². The Kier molecular flexibility index (Phi) is 8.13. The summed E-state index contributed by atoms with van der Waals surface area (Å²) in [5.74, 6) is 0. The van der Waals surface area contributed by atoms with Gasteiger partial charge >= 0.3 is 0 Å². The Bertz CT molecular complexity index is 599. The Hall–Kier alpha value is -1.72. The minimum atomic E-state index is 1.07. The van der Waals surface area contributed by atoms with Crippen LogP contribution in [0.1, 0.15) is 24.0 Å². The Balaban J connectivity index is 1.74. The number of rotatable bonds is 0. The van der Waals surface area contributed by atoms with Crippen molar-refractivity contribution >= 4 is 0 Å². The van der Waals surface area contributed by atoms with Crippen molar-refractivity contribution in [1.29, 1.82) is 0 Å². The first-order chi connectivity index (χ1) is 12.9. The normalized spacial score (nSPS) is 18.2. The number of quaternary nitrogens is 4. The Morgan fingerprint density at radius 3 is 1.38 bits per heavy atom. The van der Waals surface area contributed by atoms with Crippen LogP contribution in [0.3, 0.4) is 0 Å². The highest BCUT2D eigenvalue weighted by Gasteiger charge is 2.11. The fraction of sp³-hybridized carbons (Fsp3) is 0.455. The van der Waals surface area contributed by atoms with Crippen LogP contribution < -0.4 is 21.3 Å². The zero-order valence-electron chi connectivity index (χ0n) is 16.0. The van der Waals surface area contributed by atoms with E-state index in [1.54, 1.807) is 0 Å². The van der Waals surface area contributed by atoms with Crippen LogP contribution in [0.5, 0.6) is 0 Å². The SMILES string of the molecule is c1ccc2c(c1)C[NH2+]CCC[NH2+]CC[NH2+]CCC[NH2+]Cc1ccccc1-2. The monoisotopic (exact) mass is 356 g/mol. The molecule has 0 unspecified atom stereocenters. The number of nitrogens with two attached hydrogens (primary N) is 4. The summed E-state index contributed by atoms with van der Waals surface area (Å²) in [6.07, 6.45) is 2.57. The van der Waals surface area contributed by atoms with E-state index in [4.69, 9.17) is 0 Å². The van der Waals surface area contributed by atoms with Gasteiger partial charge in [0.2, 0.25) is 0 Å². The second kappa shape index (κ2) is 11.1. The van der Waals surface area contributed by atoms with Crippen LogP contribution >= 0.6 is 0 Å². The fourth-order valence-corrected chi connectivity index (χ4v) is 3.77. The molecular formula is C22H36N4+4. The highest BCUT2D eigenvalue weighted by molar-refractivity contribution is 5.70. The van der Waals surface area contributed by atoms with E-state index in [2.05, 4.69) is 69.8 Å². The summed E-state index contributed by atoms with van der Waals surface area (Å²) in [4.78, 5) is 0. The molecule has 2 aromatic carbocycles. The molecule has 26 heavy (non-hydrogen) atoms. The van der Waals surface area contributed by atoms with Gasteiger partial charge in [0.05, 0.1) is 26.2 Å². The van der Waals surface area contributed by atoms with E-state index in [9.17, 15) is 0 Å². The number of fused-ring (bicyclic) bond motifs is 3. The third-order valence-corrected chi connectivity index (χ3v) is 5.26. The molecule has 0 aliphatic carbocycles. The smallest absolute Gasteiger partial charge is 0.125 e. The predicted octanol–water partition coefficient (Wildman–Crippen LogP) is -1.60. The average Bonchev–Trinajstić information content (AvgIpc) is 2.68. The molecule has 4 nitrogen and oxygen atoms in total. The molecular weight excluding hydrogens is 320 g/mol. The predicted molar refractivity (Wildman–Crippen MR) is 105 cm³/mol. The van der Waals surface area contributed by atoms with Crippen LogP contribution in [-0.4, -0.2) is 39.3 Å². The molecule has 0 aromatic heterocycles. The molecule has 3 rings (SSSR count). The zero-order chi connectivity index (χ0) is 17.9. The first kappa shape index (κ1) is 19.1. The average molecular weight is 357 g/mol. The summed E-state index contributed by atoms with van der Waals surface area (Å²) in [6, 6.07) is 17.9. The maximum Gasteiger partial charge on any atom is 0.125 e. The molecule has 1 aliphatic rings. The molecule has 0 saturated heterocycles. The summed E-state index contributed by atoms with van der Waals surface area (Å²) in [5.41, 5.74) is 5.74. The molecule has 140 valence electrons. The lowest BCUT2D eigenvalue weighted by atomic mass is 9.95. The molecule has 8 N–H and O–H groups in total. The van der Waals surface area contributed by atoms with Crippen molar-refractivity contribution < 1.29 is 21.3 Å². The molecule has 0 spiro atoms. The van der Waals surface area contributed by atoms with Gasteiger partial charge in [-0.1, -0.05) is 48.5 Å². The summed E-state index contributed by atoms with van der Waals surface area (Å²) in [6.45, 7) is 9.57. The molecule has 1 aliphatic heterocycles. The van der Waals surface area contributed by atoms with Crippen molar-refractivity contribution in [2.75, 3.05) is 39.3 Å².